The van der Waals surface area contributed by atoms with E-state index in [9.17, 15) is 4.79 Å². The Morgan fingerprint density at radius 3 is 1.95 bits per heavy atom. The number of carbonyl (C=O) groups is 1. The maximum absolute atomic E-state index is 10.8. The van der Waals surface area contributed by atoms with Crippen LogP contribution < -0.4 is 0 Å². The lowest BCUT2D eigenvalue weighted by molar-refractivity contribution is -0.140. The third-order valence-corrected chi connectivity index (χ3v) is 3.32. The number of halogens is 1. The van der Waals surface area contributed by atoms with Crippen LogP contribution in [0.15, 0.2) is 34.9 Å². The van der Waals surface area contributed by atoms with Crippen LogP contribution in [-0.4, -0.2) is 18.5 Å². The van der Waals surface area contributed by atoms with Gasteiger partial charge in [0.05, 0.1) is 6.61 Å². The number of ether oxygens (including phenoxy) is 1. The SMILES string of the molecule is CC(C)=CCCC(C)=CCCC(C)=CCCOC(=O)CCl. The van der Waals surface area contributed by atoms with E-state index in [1.165, 1.54) is 16.7 Å². The van der Waals surface area contributed by atoms with Crippen molar-refractivity contribution in [3.63, 3.8) is 0 Å². The quantitative estimate of drug-likeness (QED) is 0.228. The molecule has 0 aromatic rings. The number of rotatable bonds is 10. The molecule has 0 radical (unpaired) electrons. The number of allylic oxidation sites excluding steroid dienone is 5. The largest absolute Gasteiger partial charge is 0.464 e. The molecule has 0 aliphatic rings. The minimum absolute atomic E-state index is 0.0699. The Morgan fingerprint density at radius 1 is 0.905 bits per heavy atom. The Balaban J connectivity index is 3.83. The molecule has 0 N–H and O–H groups in total. The molecule has 2 nitrogen and oxygen atoms in total. The van der Waals surface area contributed by atoms with Gasteiger partial charge in [-0.3, -0.25) is 4.79 Å². The Morgan fingerprint density at radius 2 is 1.43 bits per heavy atom. The number of alkyl halides is 1. The summed E-state index contributed by atoms with van der Waals surface area (Å²) in [6.07, 6.45) is 11.9. The Hall–Kier alpha value is -1.02. The first-order chi connectivity index (χ1) is 9.95. The fourth-order valence-electron chi connectivity index (χ4n) is 1.86. The van der Waals surface area contributed by atoms with Gasteiger partial charge in [-0.1, -0.05) is 34.9 Å². The Kier molecular flexibility index (Phi) is 12.1. The highest BCUT2D eigenvalue weighted by atomic mass is 35.5. The third kappa shape index (κ3) is 13.7. The van der Waals surface area contributed by atoms with Gasteiger partial charge in [-0.25, -0.2) is 0 Å². The average Bonchev–Trinajstić information content (AvgIpc) is 2.42. The van der Waals surface area contributed by atoms with Crippen molar-refractivity contribution >= 4 is 17.6 Å². The van der Waals surface area contributed by atoms with Crippen LogP contribution in [0.25, 0.3) is 0 Å². The van der Waals surface area contributed by atoms with Crippen LogP contribution in [0.1, 0.15) is 59.8 Å². The molecule has 3 heteroatoms. The van der Waals surface area contributed by atoms with Crippen molar-refractivity contribution in [3.05, 3.63) is 34.9 Å². The van der Waals surface area contributed by atoms with Gasteiger partial charge in [0.15, 0.2) is 0 Å². The maximum atomic E-state index is 10.8. The number of esters is 1. The first-order valence-electron chi connectivity index (χ1n) is 7.62. The summed E-state index contributed by atoms with van der Waals surface area (Å²) < 4.78 is 4.91. The molecule has 0 bridgehead atoms. The second-order valence-electron chi connectivity index (χ2n) is 5.60. The first kappa shape index (κ1) is 20.0. The second-order valence-corrected chi connectivity index (χ2v) is 5.87. The van der Waals surface area contributed by atoms with Crippen molar-refractivity contribution in [2.75, 3.05) is 12.5 Å². The van der Waals surface area contributed by atoms with Gasteiger partial charge >= 0.3 is 5.97 Å². The summed E-state index contributed by atoms with van der Waals surface area (Å²) in [6, 6.07) is 0. The van der Waals surface area contributed by atoms with Crippen LogP contribution in [0.4, 0.5) is 0 Å². The summed E-state index contributed by atoms with van der Waals surface area (Å²) in [6.45, 7) is 9.01. The molecular formula is C18H29ClO2. The van der Waals surface area contributed by atoms with E-state index in [0.29, 0.717) is 6.61 Å². The highest BCUT2D eigenvalue weighted by molar-refractivity contribution is 6.26. The molecule has 0 saturated carbocycles. The summed E-state index contributed by atoms with van der Waals surface area (Å²) in [7, 11) is 0. The molecule has 0 atom stereocenters. The van der Waals surface area contributed by atoms with Crippen molar-refractivity contribution in [1.82, 2.24) is 0 Å². The molecule has 0 aliphatic heterocycles. The topological polar surface area (TPSA) is 26.3 Å². The van der Waals surface area contributed by atoms with Crippen LogP contribution in [0.3, 0.4) is 0 Å². The standard InChI is InChI=1S/C18H29ClO2/c1-15(2)8-5-9-16(3)10-6-11-17(4)12-7-13-21-18(20)14-19/h8,10,12H,5-7,9,11,13-14H2,1-4H3. The molecule has 0 unspecified atom stereocenters. The highest BCUT2D eigenvalue weighted by Gasteiger charge is 1.97. The summed E-state index contributed by atoms with van der Waals surface area (Å²) in [5, 5.41) is 0. The van der Waals surface area contributed by atoms with Gasteiger partial charge in [0.25, 0.3) is 0 Å². The van der Waals surface area contributed by atoms with Crippen molar-refractivity contribution in [3.8, 4) is 0 Å². The lowest BCUT2D eigenvalue weighted by atomic mass is 10.1. The van der Waals surface area contributed by atoms with Gasteiger partial charge in [0.2, 0.25) is 0 Å². The minimum atomic E-state index is -0.349. The van der Waals surface area contributed by atoms with Crippen LogP contribution in [-0.2, 0) is 9.53 Å². The van der Waals surface area contributed by atoms with E-state index in [4.69, 9.17) is 16.3 Å². The van der Waals surface area contributed by atoms with E-state index in [1.54, 1.807) is 0 Å². The van der Waals surface area contributed by atoms with Gasteiger partial charge < -0.3 is 4.74 Å². The lowest BCUT2D eigenvalue weighted by Crippen LogP contribution is -2.06. The smallest absolute Gasteiger partial charge is 0.320 e. The van der Waals surface area contributed by atoms with Crippen LogP contribution in [0, 0.1) is 0 Å². The van der Waals surface area contributed by atoms with E-state index in [1.807, 2.05) is 0 Å². The van der Waals surface area contributed by atoms with E-state index >= 15 is 0 Å². The first-order valence-corrected chi connectivity index (χ1v) is 8.15. The summed E-state index contributed by atoms with van der Waals surface area (Å²) in [5.41, 5.74) is 4.18. The Labute approximate surface area is 134 Å². The third-order valence-electron chi connectivity index (χ3n) is 3.11. The van der Waals surface area contributed by atoms with Gasteiger partial charge in [0, 0.05) is 0 Å². The van der Waals surface area contributed by atoms with Crippen molar-refractivity contribution in [2.24, 2.45) is 0 Å². The number of hydrogen-bond donors (Lipinski definition) is 0. The molecule has 0 aromatic heterocycles. The zero-order chi connectivity index (χ0) is 16.1. The van der Waals surface area contributed by atoms with Crippen LogP contribution in [0.2, 0.25) is 0 Å². The molecule has 0 rings (SSSR count). The molecule has 0 aliphatic carbocycles. The highest BCUT2D eigenvalue weighted by Crippen LogP contribution is 2.11. The number of hydrogen-bond acceptors (Lipinski definition) is 2. The Bertz CT molecular complexity index is 388. The van der Waals surface area contributed by atoms with E-state index in [-0.39, 0.29) is 11.8 Å². The zero-order valence-electron chi connectivity index (χ0n) is 13.9. The zero-order valence-corrected chi connectivity index (χ0v) is 14.6. The minimum Gasteiger partial charge on any atom is -0.464 e. The predicted molar refractivity (Wildman–Crippen MR) is 91.7 cm³/mol. The van der Waals surface area contributed by atoms with Crippen LogP contribution >= 0.6 is 11.6 Å². The monoisotopic (exact) mass is 312 g/mol. The fourth-order valence-corrected chi connectivity index (χ4v) is 1.93. The molecule has 0 heterocycles. The lowest BCUT2D eigenvalue weighted by Gasteiger charge is -2.02. The van der Waals surface area contributed by atoms with Crippen molar-refractivity contribution in [2.45, 2.75) is 59.8 Å². The fraction of sp³-hybridized carbons (Fsp3) is 0.611. The average molecular weight is 313 g/mol. The molecule has 0 aromatic carbocycles. The van der Waals surface area contributed by atoms with E-state index < -0.39 is 0 Å². The molecule has 0 fully saturated rings. The van der Waals surface area contributed by atoms with Gasteiger partial charge in [-0.05, 0) is 59.8 Å². The maximum Gasteiger partial charge on any atom is 0.320 e. The molecule has 0 saturated heterocycles. The molecule has 120 valence electrons. The number of carbonyl (C=O) groups excluding carboxylic acids is 1. The second kappa shape index (κ2) is 12.7. The van der Waals surface area contributed by atoms with Crippen LogP contribution in [0.5, 0.6) is 0 Å². The van der Waals surface area contributed by atoms with E-state index in [0.717, 1.165) is 32.1 Å². The van der Waals surface area contributed by atoms with Crippen molar-refractivity contribution in [1.29, 1.82) is 0 Å². The molecule has 21 heavy (non-hydrogen) atoms. The summed E-state index contributed by atoms with van der Waals surface area (Å²) in [5.74, 6) is -0.419. The molecular weight excluding hydrogens is 284 g/mol. The normalized spacial score (nSPS) is 12.2. The van der Waals surface area contributed by atoms with E-state index in [2.05, 4.69) is 45.9 Å². The van der Waals surface area contributed by atoms with Gasteiger partial charge in [-0.15, -0.1) is 11.6 Å². The van der Waals surface area contributed by atoms with Gasteiger partial charge in [-0.2, -0.15) is 0 Å². The van der Waals surface area contributed by atoms with Gasteiger partial charge in [0.1, 0.15) is 5.88 Å². The summed E-state index contributed by atoms with van der Waals surface area (Å²) >= 11 is 5.35. The molecule has 0 amide bonds. The summed E-state index contributed by atoms with van der Waals surface area (Å²) in [4.78, 5) is 10.8. The predicted octanol–water partition coefficient (Wildman–Crippen LogP) is 5.58. The van der Waals surface area contributed by atoms with Crippen molar-refractivity contribution < 1.29 is 9.53 Å². The molecule has 0 spiro atoms.